The highest BCUT2D eigenvalue weighted by atomic mass is 32.1. The highest BCUT2D eigenvalue weighted by Gasteiger charge is 2.10. The number of thiol groups is 1. The Bertz CT molecular complexity index is 388. The molecule has 0 N–H and O–H groups in total. The minimum absolute atomic E-state index is 0.362. The van der Waals surface area contributed by atoms with Gasteiger partial charge in [-0.1, -0.05) is 12.2 Å². The first kappa shape index (κ1) is 11.8. The fourth-order valence-corrected chi connectivity index (χ4v) is 1.29. The lowest BCUT2D eigenvalue weighted by Crippen LogP contribution is -2.06. The summed E-state index contributed by atoms with van der Waals surface area (Å²) in [5.74, 6) is 0.273. The third-order valence-electron chi connectivity index (χ3n) is 1.89. The maximum atomic E-state index is 11.2. The second-order valence-corrected chi connectivity index (χ2v) is 3.38. The molecule has 1 aromatic heterocycles. The Morgan fingerprint density at radius 1 is 1.67 bits per heavy atom. The van der Waals surface area contributed by atoms with Gasteiger partial charge in [0.2, 0.25) is 0 Å². The van der Waals surface area contributed by atoms with E-state index in [9.17, 15) is 4.79 Å². The van der Waals surface area contributed by atoms with Crippen molar-refractivity contribution in [2.24, 2.45) is 0 Å². The molecule has 0 saturated carbocycles. The molecule has 0 aromatic carbocycles. The van der Waals surface area contributed by atoms with E-state index in [1.807, 2.05) is 25.1 Å². The van der Waals surface area contributed by atoms with E-state index in [-0.39, 0.29) is 0 Å². The lowest BCUT2D eigenvalue weighted by atomic mass is 10.1. The summed E-state index contributed by atoms with van der Waals surface area (Å²) in [6, 6.07) is 1.89. The molecule has 0 aliphatic heterocycles. The van der Waals surface area contributed by atoms with Crippen LogP contribution in [0, 0.1) is 6.92 Å². The molecule has 0 aliphatic carbocycles. The fourth-order valence-electron chi connectivity index (χ4n) is 1.19. The number of rotatable bonds is 3. The molecule has 1 aromatic rings. The van der Waals surface area contributed by atoms with Gasteiger partial charge in [-0.25, -0.2) is 9.78 Å². The second kappa shape index (κ2) is 5.56. The summed E-state index contributed by atoms with van der Waals surface area (Å²) in [5.41, 5.74) is 2.12. The van der Waals surface area contributed by atoms with Crippen molar-refractivity contribution in [3.8, 4) is 0 Å². The molecule has 0 amide bonds. The molecule has 1 heterocycles. The molecule has 80 valence electrons. The van der Waals surface area contributed by atoms with Crippen LogP contribution in [0.15, 0.2) is 18.3 Å². The first-order chi connectivity index (χ1) is 7.19. The molecule has 4 heteroatoms. The Kier molecular flexibility index (Phi) is 4.37. The Balaban J connectivity index is 2.98. The summed E-state index contributed by atoms with van der Waals surface area (Å²) in [5, 5.41) is 0. The van der Waals surface area contributed by atoms with Crippen LogP contribution in [0.1, 0.15) is 21.6 Å². The number of hydrogen-bond donors (Lipinski definition) is 1. The largest absolute Gasteiger partial charge is 0.464 e. The maximum absolute atomic E-state index is 11.2. The van der Waals surface area contributed by atoms with Gasteiger partial charge in [-0.05, 0) is 24.1 Å². The molecule has 0 atom stereocenters. The molecule has 15 heavy (non-hydrogen) atoms. The second-order valence-electron chi connectivity index (χ2n) is 3.01. The average molecular weight is 223 g/mol. The van der Waals surface area contributed by atoms with E-state index in [2.05, 4.69) is 22.3 Å². The van der Waals surface area contributed by atoms with Gasteiger partial charge in [0, 0.05) is 11.9 Å². The Morgan fingerprint density at radius 3 is 2.93 bits per heavy atom. The summed E-state index contributed by atoms with van der Waals surface area (Å²) in [6.07, 6.45) is 5.46. The van der Waals surface area contributed by atoms with Crippen LogP contribution < -0.4 is 0 Å². The van der Waals surface area contributed by atoms with Crippen LogP contribution in [0.5, 0.6) is 0 Å². The Morgan fingerprint density at radius 2 is 2.40 bits per heavy atom. The molecule has 1 rings (SSSR count). The normalized spacial score (nSPS) is 10.6. The summed E-state index contributed by atoms with van der Waals surface area (Å²) in [6.45, 7) is 1.83. The van der Waals surface area contributed by atoms with E-state index in [1.165, 1.54) is 7.11 Å². The van der Waals surface area contributed by atoms with E-state index in [0.29, 0.717) is 11.4 Å². The van der Waals surface area contributed by atoms with Crippen molar-refractivity contribution in [2.75, 3.05) is 12.9 Å². The Labute approximate surface area is 94.6 Å². The van der Waals surface area contributed by atoms with Crippen molar-refractivity contribution >= 4 is 24.7 Å². The van der Waals surface area contributed by atoms with Gasteiger partial charge in [0.05, 0.1) is 7.11 Å². The minimum atomic E-state index is -0.405. The smallest absolute Gasteiger partial charge is 0.356 e. The number of aryl methyl sites for hydroxylation is 1. The van der Waals surface area contributed by atoms with Crippen molar-refractivity contribution in [1.82, 2.24) is 4.98 Å². The molecular formula is C11H13NO2S. The standard InChI is InChI=1S/C11H13NO2S/c1-8-6-9(4-3-5-15)7-12-10(8)11(13)14-2/h3-4,6-7,15H,5H2,1-2H3. The zero-order chi connectivity index (χ0) is 11.3. The number of nitrogens with zero attached hydrogens (tertiary/aromatic N) is 1. The number of methoxy groups -OCH3 is 1. The molecule has 0 unspecified atom stereocenters. The minimum Gasteiger partial charge on any atom is -0.464 e. The van der Waals surface area contributed by atoms with Crippen molar-refractivity contribution in [3.63, 3.8) is 0 Å². The molecule has 3 nitrogen and oxygen atoms in total. The van der Waals surface area contributed by atoms with Gasteiger partial charge in [0.15, 0.2) is 5.69 Å². The zero-order valence-corrected chi connectivity index (χ0v) is 9.62. The third-order valence-corrected chi connectivity index (χ3v) is 2.10. The van der Waals surface area contributed by atoms with Crippen LogP contribution in [0.3, 0.4) is 0 Å². The SMILES string of the molecule is COC(=O)c1ncc(C=CCS)cc1C. The fraction of sp³-hybridized carbons (Fsp3) is 0.273. The van der Waals surface area contributed by atoms with Gasteiger partial charge in [-0.3, -0.25) is 0 Å². The van der Waals surface area contributed by atoms with Gasteiger partial charge < -0.3 is 4.74 Å². The van der Waals surface area contributed by atoms with Crippen LogP contribution in [-0.2, 0) is 4.74 Å². The maximum Gasteiger partial charge on any atom is 0.356 e. The summed E-state index contributed by atoms with van der Waals surface area (Å²) in [7, 11) is 1.35. The van der Waals surface area contributed by atoms with Crippen molar-refractivity contribution in [2.45, 2.75) is 6.92 Å². The van der Waals surface area contributed by atoms with Crippen molar-refractivity contribution in [1.29, 1.82) is 0 Å². The first-order valence-corrected chi connectivity index (χ1v) is 5.14. The van der Waals surface area contributed by atoms with Gasteiger partial charge in [-0.15, -0.1) is 0 Å². The number of esters is 1. The number of aromatic nitrogens is 1. The summed E-state index contributed by atoms with van der Waals surface area (Å²) >= 11 is 4.06. The van der Waals surface area contributed by atoms with Gasteiger partial charge in [0.25, 0.3) is 0 Å². The number of carbonyl (C=O) groups excluding carboxylic acids is 1. The average Bonchev–Trinajstić information content (AvgIpc) is 2.25. The monoisotopic (exact) mass is 223 g/mol. The van der Waals surface area contributed by atoms with Crippen LogP contribution in [0.4, 0.5) is 0 Å². The number of hydrogen-bond acceptors (Lipinski definition) is 4. The lowest BCUT2D eigenvalue weighted by Gasteiger charge is -2.03. The predicted molar refractivity (Wildman–Crippen MR) is 63.2 cm³/mol. The molecule has 0 fully saturated rings. The van der Waals surface area contributed by atoms with Gasteiger partial charge in [-0.2, -0.15) is 12.6 Å². The van der Waals surface area contributed by atoms with E-state index >= 15 is 0 Å². The summed E-state index contributed by atoms with van der Waals surface area (Å²) in [4.78, 5) is 15.3. The van der Waals surface area contributed by atoms with Crippen LogP contribution in [0.2, 0.25) is 0 Å². The summed E-state index contributed by atoms with van der Waals surface area (Å²) < 4.78 is 4.61. The highest BCUT2D eigenvalue weighted by Crippen LogP contribution is 2.10. The molecule has 0 bridgehead atoms. The topological polar surface area (TPSA) is 39.2 Å². The number of pyridine rings is 1. The molecule has 0 spiro atoms. The highest BCUT2D eigenvalue weighted by molar-refractivity contribution is 7.80. The van der Waals surface area contributed by atoms with Crippen LogP contribution >= 0.6 is 12.6 Å². The number of ether oxygens (including phenoxy) is 1. The van der Waals surface area contributed by atoms with Crippen LogP contribution in [-0.4, -0.2) is 23.8 Å². The molecular weight excluding hydrogens is 210 g/mol. The van der Waals surface area contributed by atoms with Crippen LogP contribution in [0.25, 0.3) is 6.08 Å². The number of carbonyl (C=O) groups is 1. The van der Waals surface area contributed by atoms with Crippen molar-refractivity contribution in [3.05, 3.63) is 35.2 Å². The quantitative estimate of drug-likeness (QED) is 0.630. The van der Waals surface area contributed by atoms with Gasteiger partial charge >= 0.3 is 5.97 Å². The molecule has 0 radical (unpaired) electrons. The lowest BCUT2D eigenvalue weighted by molar-refractivity contribution is 0.0593. The van der Waals surface area contributed by atoms with Gasteiger partial charge in [0.1, 0.15) is 0 Å². The van der Waals surface area contributed by atoms with E-state index < -0.39 is 5.97 Å². The third kappa shape index (κ3) is 3.09. The van der Waals surface area contributed by atoms with Crippen molar-refractivity contribution < 1.29 is 9.53 Å². The first-order valence-electron chi connectivity index (χ1n) is 4.51. The van der Waals surface area contributed by atoms with E-state index in [4.69, 9.17) is 0 Å². The zero-order valence-electron chi connectivity index (χ0n) is 8.73. The Hall–Kier alpha value is -1.29. The molecule has 0 aliphatic rings. The predicted octanol–water partition coefficient (Wildman–Crippen LogP) is 2.12. The molecule has 0 saturated heterocycles. The van der Waals surface area contributed by atoms with E-state index in [0.717, 1.165) is 11.1 Å². The van der Waals surface area contributed by atoms with E-state index in [1.54, 1.807) is 6.20 Å².